The van der Waals surface area contributed by atoms with Crippen LogP contribution in [0.1, 0.15) is 29.2 Å². The van der Waals surface area contributed by atoms with Gasteiger partial charge in [-0.1, -0.05) is 28.1 Å². The van der Waals surface area contributed by atoms with Gasteiger partial charge in [-0.25, -0.2) is 0 Å². The van der Waals surface area contributed by atoms with E-state index in [1.807, 2.05) is 25.0 Å². The van der Waals surface area contributed by atoms with E-state index in [9.17, 15) is 0 Å². The number of benzene rings is 1. The zero-order valence-corrected chi connectivity index (χ0v) is 13.2. The van der Waals surface area contributed by atoms with E-state index in [2.05, 4.69) is 57.7 Å². The maximum atomic E-state index is 4.21. The van der Waals surface area contributed by atoms with Gasteiger partial charge in [-0.05, 0) is 49.6 Å². The Balaban J connectivity index is 2.05. The molecular formula is C15H20BrN3. The molecular weight excluding hydrogens is 302 g/mol. The summed E-state index contributed by atoms with van der Waals surface area (Å²) in [6.45, 7) is 2.13. The molecule has 0 aliphatic heterocycles. The third kappa shape index (κ3) is 3.67. The van der Waals surface area contributed by atoms with Crippen molar-refractivity contribution in [3.63, 3.8) is 0 Å². The smallest absolute Gasteiger partial charge is 0.0521 e. The fourth-order valence-electron chi connectivity index (χ4n) is 2.27. The summed E-state index contributed by atoms with van der Waals surface area (Å²) in [5, 5.41) is 7.61. The van der Waals surface area contributed by atoms with Crippen molar-refractivity contribution in [2.24, 2.45) is 7.05 Å². The highest BCUT2D eigenvalue weighted by atomic mass is 79.9. The molecule has 19 heavy (non-hydrogen) atoms. The Morgan fingerprint density at radius 1 is 1.42 bits per heavy atom. The van der Waals surface area contributed by atoms with E-state index >= 15 is 0 Å². The Labute approximate surface area is 123 Å². The standard InChI is InChI=1S/C15H20BrN3/c1-11-8-13(5-6-14(11)16)15(17-2)7-4-12-9-18-19(3)10-12/h5-6,8-10,15,17H,4,7H2,1-3H3. The summed E-state index contributed by atoms with van der Waals surface area (Å²) in [6, 6.07) is 6.93. The minimum absolute atomic E-state index is 0.381. The Morgan fingerprint density at radius 2 is 2.21 bits per heavy atom. The summed E-state index contributed by atoms with van der Waals surface area (Å²) in [5.74, 6) is 0. The first kappa shape index (κ1) is 14.3. The van der Waals surface area contributed by atoms with Crippen LogP contribution < -0.4 is 5.32 Å². The summed E-state index contributed by atoms with van der Waals surface area (Å²) < 4.78 is 3.02. The molecule has 1 N–H and O–H groups in total. The van der Waals surface area contributed by atoms with E-state index in [0.717, 1.165) is 12.8 Å². The van der Waals surface area contributed by atoms with Gasteiger partial charge >= 0.3 is 0 Å². The van der Waals surface area contributed by atoms with Gasteiger partial charge in [-0.3, -0.25) is 4.68 Å². The Morgan fingerprint density at radius 3 is 2.79 bits per heavy atom. The van der Waals surface area contributed by atoms with Crippen molar-refractivity contribution >= 4 is 15.9 Å². The lowest BCUT2D eigenvalue weighted by atomic mass is 9.99. The highest BCUT2D eigenvalue weighted by Crippen LogP contribution is 2.24. The summed E-state index contributed by atoms with van der Waals surface area (Å²) in [5.41, 5.74) is 3.91. The first-order valence-corrected chi connectivity index (χ1v) is 7.30. The molecule has 102 valence electrons. The number of aromatic nitrogens is 2. The molecule has 0 aliphatic carbocycles. The van der Waals surface area contributed by atoms with Crippen molar-refractivity contribution < 1.29 is 0 Å². The van der Waals surface area contributed by atoms with Gasteiger partial charge in [0.05, 0.1) is 6.20 Å². The number of nitrogens with one attached hydrogen (secondary N) is 1. The van der Waals surface area contributed by atoms with Crippen molar-refractivity contribution in [1.82, 2.24) is 15.1 Å². The van der Waals surface area contributed by atoms with Crippen LogP contribution in [-0.2, 0) is 13.5 Å². The predicted molar refractivity (Wildman–Crippen MR) is 82.2 cm³/mol. The highest BCUT2D eigenvalue weighted by Gasteiger charge is 2.10. The van der Waals surface area contributed by atoms with Crippen molar-refractivity contribution in [3.8, 4) is 0 Å². The average Bonchev–Trinajstić information content (AvgIpc) is 2.80. The summed E-state index contributed by atoms with van der Waals surface area (Å²) >= 11 is 3.55. The van der Waals surface area contributed by atoms with Gasteiger partial charge in [0.1, 0.15) is 0 Å². The van der Waals surface area contributed by atoms with Gasteiger partial charge in [0.25, 0.3) is 0 Å². The Bertz CT molecular complexity index is 548. The second-order valence-electron chi connectivity index (χ2n) is 4.91. The second kappa shape index (κ2) is 6.35. The predicted octanol–water partition coefficient (Wildman–Crippen LogP) is 3.38. The summed E-state index contributed by atoms with van der Waals surface area (Å²) in [7, 11) is 3.97. The van der Waals surface area contributed by atoms with Gasteiger partial charge in [-0.2, -0.15) is 5.10 Å². The third-order valence-electron chi connectivity index (χ3n) is 3.41. The van der Waals surface area contributed by atoms with Crippen LogP contribution in [0.5, 0.6) is 0 Å². The van der Waals surface area contributed by atoms with Crippen LogP contribution in [0.2, 0.25) is 0 Å². The fourth-order valence-corrected chi connectivity index (χ4v) is 2.52. The number of aryl methyl sites for hydroxylation is 3. The number of hydrogen-bond acceptors (Lipinski definition) is 2. The summed E-state index contributed by atoms with van der Waals surface area (Å²) in [6.07, 6.45) is 6.14. The zero-order chi connectivity index (χ0) is 13.8. The molecule has 0 radical (unpaired) electrons. The quantitative estimate of drug-likeness (QED) is 0.914. The molecule has 0 amide bonds. The lowest BCUT2D eigenvalue weighted by Gasteiger charge is -2.17. The lowest BCUT2D eigenvalue weighted by molar-refractivity contribution is 0.549. The van der Waals surface area contributed by atoms with E-state index in [1.165, 1.54) is 21.2 Å². The van der Waals surface area contributed by atoms with Gasteiger partial charge in [0.2, 0.25) is 0 Å². The zero-order valence-electron chi connectivity index (χ0n) is 11.7. The Hall–Kier alpha value is -1.13. The van der Waals surface area contributed by atoms with Crippen LogP contribution in [0.3, 0.4) is 0 Å². The molecule has 0 bridgehead atoms. The number of hydrogen-bond donors (Lipinski definition) is 1. The largest absolute Gasteiger partial charge is 0.313 e. The van der Waals surface area contributed by atoms with Gasteiger partial charge in [-0.15, -0.1) is 0 Å². The molecule has 0 spiro atoms. The monoisotopic (exact) mass is 321 g/mol. The van der Waals surface area contributed by atoms with Gasteiger partial charge in [0.15, 0.2) is 0 Å². The van der Waals surface area contributed by atoms with Crippen LogP contribution in [0.15, 0.2) is 35.1 Å². The SMILES string of the molecule is CNC(CCc1cnn(C)c1)c1ccc(Br)c(C)c1. The van der Waals surface area contributed by atoms with E-state index in [4.69, 9.17) is 0 Å². The molecule has 0 saturated carbocycles. The molecule has 0 fully saturated rings. The number of nitrogens with zero attached hydrogens (tertiary/aromatic N) is 2. The molecule has 1 atom stereocenters. The molecule has 3 nitrogen and oxygen atoms in total. The first-order valence-electron chi connectivity index (χ1n) is 6.51. The average molecular weight is 322 g/mol. The molecule has 1 aromatic carbocycles. The molecule has 2 rings (SSSR count). The van der Waals surface area contributed by atoms with Crippen LogP contribution in [0.25, 0.3) is 0 Å². The summed E-state index contributed by atoms with van der Waals surface area (Å²) in [4.78, 5) is 0. The van der Waals surface area contributed by atoms with E-state index in [0.29, 0.717) is 6.04 Å². The molecule has 0 saturated heterocycles. The van der Waals surface area contributed by atoms with Crippen molar-refractivity contribution in [3.05, 3.63) is 51.8 Å². The molecule has 2 aromatic rings. The van der Waals surface area contributed by atoms with Gasteiger partial charge < -0.3 is 5.32 Å². The maximum absolute atomic E-state index is 4.21. The van der Waals surface area contributed by atoms with Crippen molar-refractivity contribution in [2.75, 3.05) is 7.05 Å². The normalized spacial score (nSPS) is 12.6. The first-order chi connectivity index (χ1) is 9.10. The second-order valence-corrected chi connectivity index (χ2v) is 5.77. The number of halogens is 1. The molecule has 1 heterocycles. The topological polar surface area (TPSA) is 29.9 Å². The molecule has 0 aliphatic rings. The van der Waals surface area contributed by atoms with Crippen LogP contribution in [-0.4, -0.2) is 16.8 Å². The molecule has 1 aromatic heterocycles. The highest BCUT2D eigenvalue weighted by molar-refractivity contribution is 9.10. The van der Waals surface area contributed by atoms with E-state index < -0.39 is 0 Å². The lowest BCUT2D eigenvalue weighted by Crippen LogP contribution is -2.17. The van der Waals surface area contributed by atoms with Crippen LogP contribution in [0.4, 0.5) is 0 Å². The van der Waals surface area contributed by atoms with E-state index in [1.54, 1.807) is 0 Å². The Kier molecular flexibility index (Phi) is 4.77. The van der Waals surface area contributed by atoms with Crippen molar-refractivity contribution in [2.45, 2.75) is 25.8 Å². The van der Waals surface area contributed by atoms with Crippen LogP contribution in [0, 0.1) is 6.92 Å². The van der Waals surface area contributed by atoms with Crippen LogP contribution >= 0.6 is 15.9 Å². The van der Waals surface area contributed by atoms with Gasteiger partial charge in [0, 0.05) is 23.8 Å². The minimum atomic E-state index is 0.381. The van der Waals surface area contributed by atoms with E-state index in [-0.39, 0.29) is 0 Å². The fraction of sp³-hybridized carbons (Fsp3) is 0.400. The molecule has 4 heteroatoms. The minimum Gasteiger partial charge on any atom is -0.313 e. The number of rotatable bonds is 5. The molecule has 1 unspecified atom stereocenters. The third-order valence-corrected chi connectivity index (χ3v) is 4.30. The van der Waals surface area contributed by atoms with Crippen molar-refractivity contribution in [1.29, 1.82) is 0 Å². The maximum Gasteiger partial charge on any atom is 0.0521 e.